The molecule has 2 saturated heterocycles. The van der Waals surface area contributed by atoms with Crippen molar-refractivity contribution in [3.63, 3.8) is 0 Å². The van der Waals surface area contributed by atoms with Crippen LogP contribution in [0, 0.1) is 5.92 Å². The summed E-state index contributed by atoms with van der Waals surface area (Å²) in [6.45, 7) is 1.14. The molecule has 2 aliphatic rings. The van der Waals surface area contributed by atoms with Crippen LogP contribution in [-0.4, -0.2) is 56.5 Å². The first-order chi connectivity index (χ1) is 8.47. The number of hydrogen-bond donors (Lipinski definition) is 2. The van der Waals surface area contributed by atoms with Crippen LogP contribution in [-0.2, 0) is 19.6 Å². The molecule has 0 unspecified atom stereocenters. The van der Waals surface area contributed by atoms with Crippen molar-refractivity contribution in [2.45, 2.75) is 12.8 Å². The van der Waals surface area contributed by atoms with Gasteiger partial charge in [0.25, 0.3) is 0 Å². The van der Waals surface area contributed by atoms with Gasteiger partial charge in [0.2, 0.25) is 21.8 Å². The zero-order chi connectivity index (χ0) is 13.2. The van der Waals surface area contributed by atoms with Crippen LogP contribution < -0.4 is 10.6 Å². The third kappa shape index (κ3) is 3.27. The molecular weight excluding hydrogens is 258 g/mol. The van der Waals surface area contributed by atoms with E-state index in [2.05, 4.69) is 10.6 Å². The van der Waals surface area contributed by atoms with Gasteiger partial charge in [-0.3, -0.25) is 14.9 Å². The second-order valence-electron chi connectivity index (χ2n) is 4.71. The van der Waals surface area contributed by atoms with E-state index >= 15 is 0 Å². The van der Waals surface area contributed by atoms with Crippen molar-refractivity contribution in [3.8, 4) is 0 Å². The monoisotopic (exact) mass is 275 g/mol. The Morgan fingerprint density at radius 2 is 1.67 bits per heavy atom. The van der Waals surface area contributed by atoms with Gasteiger partial charge < -0.3 is 5.32 Å². The summed E-state index contributed by atoms with van der Waals surface area (Å²) >= 11 is 0. The summed E-state index contributed by atoms with van der Waals surface area (Å²) in [7, 11) is -3.52. The van der Waals surface area contributed by atoms with Crippen molar-refractivity contribution in [3.05, 3.63) is 0 Å². The molecule has 2 aliphatic heterocycles. The number of imide groups is 1. The molecule has 7 nitrogen and oxygen atoms in total. The van der Waals surface area contributed by atoms with Gasteiger partial charge in [-0.2, -0.15) is 4.31 Å². The third-order valence-corrected chi connectivity index (χ3v) is 5.15. The second kappa shape index (κ2) is 5.33. The molecule has 0 aromatic rings. The topological polar surface area (TPSA) is 95.6 Å². The second-order valence-corrected chi connectivity index (χ2v) is 6.72. The highest BCUT2D eigenvalue weighted by Crippen LogP contribution is 2.17. The lowest BCUT2D eigenvalue weighted by Crippen LogP contribution is -2.54. The Balaban J connectivity index is 2.00. The number of nitrogens with zero attached hydrogens (tertiary/aromatic N) is 1. The first kappa shape index (κ1) is 13.4. The van der Waals surface area contributed by atoms with E-state index in [0.717, 1.165) is 30.2 Å². The Morgan fingerprint density at radius 3 is 2.22 bits per heavy atom. The van der Waals surface area contributed by atoms with E-state index in [1.807, 2.05) is 0 Å². The number of sulfonamides is 1. The fourth-order valence-electron chi connectivity index (χ4n) is 2.26. The molecule has 0 aromatic carbocycles. The Bertz CT molecular complexity index is 426. The Labute approximate surface area is 106 Å². The number of carbonyl (C=O) groups is 2. The number of nitrogens with one attached hydrogen (secondary N) is 2. The fraction of sp³-hybridized carbons (Fsp3) is 0.800. The molecule has 102 valence electrons. The van der Waals surface area contributed by atoms with E-state index in [1.54, 1.807) is 0 Å². The molecule has 0 saturated carbocycles. The molecule has 2 fully saturated rings. The van der Waals surface area contributed by atoms with E-state index < -0.39 is 21.8 Å². The van der Waals surface area contributed by atoms with E-state index in [-0.39, 0.29) is 24.8 Å². The van der Waals surface area contributed by atoms with Gasteiger partial charge in [0, 0.05) is 0 Å². The van der Waals surface area contributed by atoms with Crippen LogP contribution >= 0.6 is 0 Å². The van der Waals surface area contributed by atoms with Crippen molar-refractivity contribution in [1.82, 2.24) is 14.9 Å². The molecule has 0 aromatic heterocycles. The van der Waals surface area contributed by atoms with Crippen LogP contribution in [0.5, 0.6) is 0 Å². The molecule has 0 spiro atoms. The van der Waals surface area contributed by atoms with Crippen molar-refractivity contribution in [1.29, 1.82) is 0 Å². The first-order valence-electron chi connectivity index (χ1n) is 5.98. The molecule has 2 amide bonds. The zero-order valence-electron chi connectivity index (χ0n) is 10.0. The van der Waals surface area contributed by atoms with Gasteiger partial charge in [0.1, 0.15) is 0 Å². The number of amides is 2. The van der Waals surface area contributed by atoms with E-state index in [9.17, 15) is 18.0 Å². The zero-order valence-corrected chi connectivity index (χ0v) is 10.8. The van der Waals surface area contributed by atoms with Gasteiger partial charge in [-0.15, -0.1) is 0 Å². The fourth-order valence-corrected chi connectivity index (χ4v) is 4.03. The van der Waals surface area contributed by atoms with Crippen LogP contribution in [0.1, 0.15) is 12.8 Å². The number of hydrogen-bond acceptors (Lipinski definition) is 5. The summed E-state index contributed by atoms with van der Waals surface area (Å²) in [6, 6.07) is 0. The molecule has 0 radical (unpaired) electrons. The highest BCUT2D eigenvalue weighted by Gasteiger charge is 2.33. The molecule has 2 rings (SSSR count). The van der Waals surface area contributed by atoms with Gasteiger partial charge in [0.15, 0.2) is 0 Å². The lowest BCUT2D eigenvalue weighted by Gasteiger charge is -2.28. The number of carbonyl (C=O) groups excluding carboxylic acids is 2. The minimum atomic E-state index is -3.52. The summed E-state index contributed by atoms with van der Waals surface area (Å²) in [5.41, 5.74) is 0. The molecule has 18 heavy (non-hydrogen) atoms. The van der Waals surface area contributed by atoms with Crippen molar-refractivity contribution in [2.24, 2.45) is 5.92 Å². The molecule has 2 N–H and O–H groups in total. The van der Waals surface area contributed by atoms with E-state index in [0.29, 0.717) is 0 Å². The van der Waals surface area contributed by atoms with Crippen molar-refractivity contribution < 1.29 is 18.0 Å². The number of piperazine rings is 1. The highest BCUT2D eigenvalue weighted by atomic mass is 32.2. The highest BCUT2D eigenvalue weighted by molar-refractivity contribution is 7.89. The van der Waals surface area contributed by atoms with Crippen LogP contribution in [0.2, 0.25) is 0 Å². The van der Waals surface area contributed by atoms with Gasteiger partial charge >= 0.3 is 0 Å². The average molecular weight is 275 g/mol. The Hall–Kier alpha value is -0.990. The normalized spacial score (nSPS) is 24.0. The molecular formula is C10H17N3O4S. The van der Waals surface area contributed by atoms with Crippen LogP contribution in [0.4, 0.5) is 0 Å². The average Bonchev–Trinajstić information content (AvgIpc) is 2.28. The van der Waals surface area contributed by atoms with Crippen LogP contribution in [0.15, 0.2) is 0 Å². The SMILES string of the molecule is O=C1CN(S(=O)(=O)CC2CCNCC2)CC(=O)N1. The minimum Gasteiger partial charge on any atom is -0.317 e. The van der Waals surface area contributed by atoms with Gasteiger partial charge in [0.05, 0.1) is 18.8 Å². The molecule has 0 atom stereocenters. The predicted molar refractivity (Wildman–Crippen MR) is 64.1 cm³/mol. The van der Waals surface area contributed by atoms with E-state index in [1.165, 1.54) is 0 Å². The number of piperidine rings is 1. The van der Waals surface area contributed by atoms with Crippen LogP contribution in [0.25, 0.3) is 0 Å². The Morgan fingerprint density at radius 1 is 1.11 bits per heavy atom. The standard InChI is InChI=1S/C10H17N3O4S/c14-9-5-13(6-10(15)12-9)18(16,17)7-8-1-3-11-4-2-8/h8,11H,1-7H2,(H,12,14,15). The summed E-state index contributed by atoms with van der Waals surface area (Å²) in [6.07, 6.45) is 1.63. The lowest BCUT2D eigenvalue weighted by molar-refractivity contribution is -0.134. The smallest absolute Gasteiger partial charge is 0.241 e. The largest absolute Gasteiger partial charge is 0.317 e. The van der Waals surface area contributed by atoms with Gasteiger partial charge in [-0.1, -0.05) is 0 Å². The van der Waals surface area contributed by atoms with Crippen molar-refractivity contribution >= 4 is 21.8 Å². The van der Waals surface area contributed by atoms with Crippen LogP contribution in [0.3, 0.4) is 0 Å². The summed E-state index contributed by atoms with van der Waals surface area (Å²) in [5.74, 6) is -0.980. The third-order valence-electron chi connectivity index (χ3n) is 3.22. The molecule has 2 heterocycles. The quantitative estimate of drug-likeness (QED) is 0.597. The summed E-state index contributed by atoms with van der Waals surface area (Å²) in [5, 5.41) is 5.26. The summed E-state index contributed by atoms with van der Waals surface area (Å²) in [4.78, 5) is 22.3. The lowest BCUT2D eigenvalue weighted by atomic mass is 10.0. The molecule has 0 aliphatic carbocycles. The Kier molecular flexibility index (Phi) is 3.98. The maximum Gasteiger partial charge on any atom is 0.241 e. The van der Waals surface area contributed by atoms with Gasteiger partial charge in [-0.25, -0.2) is 8.42 Å². The molecule has 8 heteroatoms. The predicted octanol–water partition coefficient (Wildman–Crippen LogP) is -1.73. The van der Waals surface area contributed by atoms with Gasteiger partial charge in [-0.05, 0) is 31.8 Å². The maximum atomic E-state index is 12.1. The maximum absolute atomic E-state index is 12.1. The number of rotatable bonds is 3. The summed E-state index contributed by atoms with van der Waals surface area (Å²) < 4.78 is 25.2. The van der Waals surface area contributed by atoms with E-state index in [4.69, 9.17) is 0 Å². The minimum absolute atomic E-state index is 0.0231. The first-order valence-corrected chi connectivity index (χ1v) is 7.59. The van der Waals surface area contributed by atoms with Crippen molar-refractivity contribution in [2.75, 3.05) is 31.9 Å². The molecule has 0 bridgehead atoms.